The van der Waals surface area contributed by atoms with Gasteiger partial charge in [-0.2, -0.15) is 0 Å². The Balaban J connectivity index is 1.98. The Bertz CT molecular complexity index is 675. The van der Waals surface area contributed by atoms with Crippen LogP contribution in [0.15, 0.2) is 18.2 Å². The van der Waals surface area contributed by atoms with E-state index in [0.717, 1.165) is 18.4 Å². The number of ether oxygens (including phenoxy) is 1. The fourth-order valence-corrected chi connectivity index (χ4v) is 3.54. The average molecular weight is 341 g/mol. The highest BCUT2D eigenvalue weighted by Crippen LogP contribution is 2.25. The van der Waals surface area contributed by atoms with Crippen molar-refractivity contribution in [2.75, 3.05) is 31.8 Å². The van der Waals surface area contributed by atoms with Crippen molar-refractivity contribution >= 4 is 21.7 Å². The molecule has 2 rings (SSSR count). The average Bonchev–Trinajstić information content (AvgIpc) is 2.46. The van der Waals surface area contributed by atoms with E-state index in [1.54, 1.807) is 13.2 Å². The van der Waals surface area contributed by atoms with Gasteiger partial charge in [-0.25, -0.2) is 17.5 Å². The van der Waals surface area contributed by atoms with Gasteiger partial charge in [0.15, 0.2) is 0 Å². The Morgan fingerprint density at radius 1 is 1.39 bits per heavy atom. The molecular weight excluding hydrogens is 318 g/mol. The van der Waals surface area contributed by atoms with E-state index in [2.05, 4.69) is 10.6 Å². The largest absolute Gasteiger partial charge is 0.495 e. The summed E-state index contributed by atoms with van der Waals surface area (Å²) in [5.41, 5.74) is 1.59. The first-order valence-corrected chi connectivity index (χ1v) is 9.31. The quantitative estimate of drug-likeness (QED) is 0.870. The molecule has 0 saturated carbocycles. The Morgan fingerprint density at radius 2 is 2.13 bits per heavy atom. The van der Waals surface area contributed by atoms with Crippen LogP contribution in [-0.2, 0) is 10.0 Å². The fraction of sp³-hybridized carbons (Fsp3) is 0.533. The van der Waals surface area contributed by atoms with Gasteiger partial charge in [0.1, 0.15) is 5.75 Å². The highest BCUT2D eigenvalue weighted by molar-refractivity contribution is 7.88. The smallest absolute Gasteiger partial charge is 0.319 e. The van der Waals surface area contributed by atoms with Gasteiger partial charge in [0, 0.05) is 19.1 Å². The number of carbonyl (C=O) groups is 1. The molecule has 8 heteroatoms. The summed E-state index contributed by atoms with van der Waals surface area (Å²) >= 11 is 0. The van der Waals surface area contributed by atoms with Crippen LogP contribution in [0.2, 0.25) is 0 Å². The van der Waals surface area contributed by atoms with Crippen LogP contribution < -0.4 is 15.4 Å². The van der Waals surface area contributed by atoms with Crippen molar-refractivity contribution in [2.24, 2.45) is 0 Å². The molecule has 1 saturated heterocycles. The van der Waals surface area contributed by atoms with Crippen molar-refractivity contribution in [1.29, 1.82) is 0 Å². The second-order valence-corrected chi connectivity index (χ2v) is 7.74. The maximum absolute atomic E-state index is 12.2. The first kappa shape index (κ1) is 17.6. The number of piperidine rings is 1. The number of carbonyl (C=O) groups excluding carboxylic acids is 1. The Morgan fingerprint density at radius 3 is 2.78 bits per heavy atom. The van der Waals surface area contributed by atoms with Gasteiger partial charge in [-0.05, 0) is 37.5 Å². The molecule has 1 aliphatic heterocycles. The standard InChI is InChI=1S/C15H23N3O4S/c1-11-6-7-14(22-2)13(9-11)17-15(19)16-12-5-4-8-18(10-12)23(3,20)21/h6-7,9,12H,4-5,8,10H2,1-3H3,(H2,16,17,19). The summed E-state index contributed by atoms with van der Waals surface area (Å²) < 4.78 is 29.8. The third-order valence-electron chi connectivity index (χ3n) is 3.79. The molecule has 1 aromatic carbocycles. The molecule has 7 nitrogen and oxygen atoms in total. The van der Waals surface area contributed by atoms with Crippen LogP contribution in [-0.4, -0.2) is 51.3 Å². The molecule has 1 aromatic rings. The normalized spacial score (nSPS) is 19.2. The molecule has 2 amide bonds. The SMILES string of the molecule is COc1ccc(C)cc1NC(=O)NC1CCCN(S(C)(=O)=O)C1. The molecule has 1 fully saturated rings. The second kappa shape index (κ2) is 7.18. The number of methoxy groups -OCH3 is 1. The zero-order valence-corrected chi connectivity index (χ0v) is 14.4. The molecule has 1 atom stereocenters. The highest BCUT2D eigenvalue weighted by atomic mass is 32.2. The Kier molecular flexibility index (Phi) is 5.48. The van der Waals surface area contributed by atoms with E-state index in [1.807, 2.05) is 19.1 Å². The van der Waals surface area contributed by atoms with Gasteiger partial charge in [0.25, 0.3) is 0 Å². The van der Waals surface area contributed by atoms with Gasteiger partial charge in [0.2, 0.25) is 10.0 Å². The Hall–Kier alpha value is -1.80. The summed E-state index contributed by atoms with van der Waals surface area (Å²) in [5.74, 6) is 0.576. The van der Waals surface area contributed by atoms with Gasteiger partial charge in [-0.1, -0.05) is 6.07 Å². The highest BCUT2D eigenvalue weighted by Gasteiger charge is 2.26. The molecule has 1 aliphatic rings. The van der Waals surface area contributed by atoms with Crippen LogP contribution in [0.25, 0.3) is 0 Å². The van der Waals surface area contributed by atoms with Gasteiger partial charge >= 0.3 is 6.03 Å². The zero-order chi connectivity index (χ0) is 17.0. The maximum Gasteiger partial charge on any atom is 0.319 e. The summed E-state index contributed by atoms with van der Waals surface area (Å²) in [7, 11) is -1.69. The molecule has 0 aliphatic carbocycles. The maximum atomic E-state index is 12.2. The van der Waals surface area contributed by atoms with Crippen LogP contribution >= 0.6 is 0 Å². The van der Waals surface area contributed by atoms with Crippen LogP contribution in [0.3, 0.4) is 0 Å². The number of hydrogen-bond donors (Lipinski definition) is 2. The number of sulfonamides is 1. The van der Waals surface area contributed by atoms with Crippen molar-refractivity contribution in [3.8, 4) is 5.75 Å². The minimum Gasteiger partial charge on any atom is -0.495 e. The van der Waals surface area contributed by atoms with Gasteiger partial charge < -0.3 is 15.4 Å². The van der Waals surface area contributed by atoms with E-state index in [1.165, 1.54) is 10.6 Å². The van der Waals surface area contributed by atoms with Crippen molar-refractivity contribution in [1.82, 2.24) is 9.62 Å². The number of benzene rings is 1. The summed E-state index contributed by atoms with van der Waals surface area (Å²) in [4.78, 5) is 12.2. The van der Waals surface area contributed by atoms with Crippen LogP contribution in [0.4, 0.5) is 10.5 Å². The van der Waals surface area contributed by atoms with E-state index in [-0.39, 0.29) is 12.1 Å². The monoisotopic (exact) mass is 341 g/mol. The summed E-state index contributed by atoms with van der Waals surface area (Å²) in [6, 6.07) is 4.94. The molecule has 1 unspecified atom stereocenters. The number of rotatable bonds is 4. The molecule has 1 heterocycles. The predicted molar refractivity (Wildman–Crippen MR) is 89.3 cm³/mol. The van der Waals surface area contributed by atoms with Crippen molar-refractivity contribution in [2.45, 2.75) is 25.8 Å². The predicted octanol–water partition coefficient (Wildman–Crippen LogP) is 1.55. The van der Waals surface area contributed by atoms with E-state index in [0.29, 0.717) is 24.5 Å². The van der Waals surface area contributed by atoms with Crippen LogP contribution in [0.1, 0.15) is 18.4 Å². The fourth-order valence-electron chi connectivity index (χ4n) is 2.62. The number of nitrogens with one attached hydrogen (secondary N) is 2. The number of nitrogens with zero attached hydrogens (tertiary/aromatic N) is 1. The topological polar surface area (TPSA) is 87.7 Å². The number of amides is 2. The lowest BCUT2D eigenvalue weighted by molar-refractivity contribution is 0.236. The van der Waals surface area contributed by atoms with Crippen molar-refractivity contribution in [3.63, 3.8) is 0 Å². The molecule has 0 spiro atoms. The van der Waals surface area contributed by atoms with Gasteiger partial charge in [0.05, 0.1) is 19.1 Å². The lowest BCUT2D eigenvalue weighted by atomic mass is 10.1. The number of aryl methyl sites for hydroxylation is 1. The number of urea groups is 1. The van der Waals surface area contributed by atoms with E-state index in [4.69, 9.17) is 4.74 Å². The van der Waals surface area contributed by atoms with Crippen LogP contribution in [0, 0.1) is 6.92 Å². The van der Waals surface area contributed by atoms with Crippen LogP contribution in [0.5, 0.6) is 5.75 Å². The van der Waals surface area contributed by atoms with Crippen molar-refractivity contribution in [3.05, 3.63) is 23.8 Å². The second-order valence-electron chi connectivity index (χ2n) is 5.76. The molecule has 2 N–H and O–H groups in total. The third-order valence-corrected chi connectivity index (χ3v) is 5.06. The van der Waals surface area contributed by atoms with E-state index < -0.39 is 10.0 Å². The molecule has 0 aromatic heterocycles. The molecule has 0 radical (unpaired) electrons. The minimum absolute atomic E-state index is 0.200. The Labute approximate surface area is 137 Å². The molecular formula is C15H23N3O4S. The van der Waals surface area contributed by atoms with Crippen molar-refractivity contribution < 1.29 is 17.9 Å². The lowest BCUT2D eigenvalue weighted by Crippen LogP contribution is -2.50. The molecule has 128 valence electrons. The minimum atomic E-state index is -3.23. The van der Waals surface area contributed by atoms with E-state index in [9.17, 15) is 13.2 Å². The summed E-state index contributed by atoms with van der Waals surface area (Å²) in [6.07, 6.45) is 2.67. The van der Waals surface area contributed by atoms with Gasteiger partial charge in [-0.15, -0.1) is 0 Å². The summed E-state index contributed by atoms with van der Waals surface area (Å²) in [6.45, 7) is 2.73. The third kappa shape index (κ3) is 4.84. The zero-order valence-electron chi connectivity index (χ0n) is 13.6. The molecule has 0 bridgehead atoms. The summed E-state index contributed by atoms with van der Waals surface area (Å²) in [5, 5.41) is 5.59. The number of anilines is 1. The number of hydrogen-bond acceptors (Lipinski definition) is 4. The molecule has 23 heavy (non-hydrogen) atoms. The first-order chi connectivity index (χ1) is 10.8. The van der Waals surface area contributed by atoms with Gasteiger partial charge in [-0.3, -0.25) is 0 Å². The lowest BCUT2D eigenvalue weighted by Gasteiger charge is -2.31. The van der Waals surface area contributed by atoms with E-state index >= 15 is 0 Å². The first-order valence-electron chi connectivity index (χ1n) is 7.47.